The summed E-state index contributed by atoms with van der Waals surface area (Å²) < 4.78 is 16.0. The van der Waals surface area contributed by atoms with Gasteiger partial charge in [0.2, 0.25) is 11.5 Å². The number of ketones is 1. The fourth-order valence-corrected chi connectivity index (χ4v) is 2.70. The summed E-state index contributed by atoms with van der Waals surface area (Å²) in [4.78, 5) is 12.6. The van der Waals surface area contributed by atoms with Crippen LogP contribution < -0.4 is 14.2 Å². The van der Waals surface area contributed by atoms with Gasteiger partial charge in [-0.15, -0.1) is 0 Å². The highest BCUT2D eigenvalue weighted by Crippen LogP contribution is 2.48. The third-order valence-electron chi connectivity index (χ3n) is 3.77. The quantitative estimate of drug-likeness (QED) is 0.902. The monoisotopic (exact) mass is 316 g/mol. The molecule has 0 saturated heterocycles. The predicted octanol–water partition coefficient (Wildman–Crippen LogP) is 2.09. The summed E-state index contributed by atoms with van der Waals surface area (Å²) in [6.45, 7) is 0. The molecule has 3 rings (SSSR count). The highest BCUT2D eigenvalue weighted by Gasteiger charge is 2.40. The van der Waals surface area contributed by atoms with Crippen molar-refractivity contribution in [2.75, 3.05) is 14.2 Å². The summed E-state index contributed by atoms with van der Waals surface area (Å²) in [5, 5.41) is 20.4. The molecule has 0 aliphatic carbocycles. The molecule has 23 heavy (non-hydrogen) atoms. The summed E-state index contributed by atoms with van der Waals surface area (Å²) in [6.07, 6.45) is -2.23. The Labute approximate surface area is 132 Å². The van der Waals surface area contributed by atoms with Gasteiger partial charge in [-0.2, -0.15) is 0 Å². The van der Waals surface area contributed by atoms with E-state index in [0.717, 1.165) is 0 Å². The van der Waals surface area contributed by atoms with Crippen molar-refractivity contribution in [3.05, 3.63) is 47.5 Å². The van der Waals surface area contributed by atoms with Crippen LogP contribution in [0.1, 0.15) is 22.0 Å². The van der Waals surface area contributed by atoms with E-state index < -0.39 is 18.0 Å². The molecule has 1 heterocycles. The van der Waals surface area contributed by atoms with Gasteiger partial charge in [-0.1, -0.05) is 30.3 Å². The number of benzene rings is 2. The third kappa shape index (κ3) is 2.37. The van der Waals surface area contributed by atoms with Gasteiger partial charge in [0.05, 0.1) is 14.2 Å². The minimum atomic E-state index is -1.38. The maximum Gasteiger partial charge on any atom is 0.204 e. The number of aliphatic hydroxyl groups is 1. The van der Waals surface area contributed by atoms with Crippen LogP contribution in [0.25, 0.3) is 0 Å². The lowest BCUT2D eigenvalue weighted by atomic mass is 9.92. The van der Waals surface area contributed by atoms with Crippen molar-refractivity contribution in [1.29, 1.82) is 0 Å². The molecular formula is C17H16O6. The average molecular weight is 316 g/mol. The molecule has 0 bridgehead atoms. The lowest BCUT2D eigenvalue weighted by molar-refractivity contribution is 0.0209. The van der Waals surface area contributed by atoms with Gasteiger partial charge < -0.3 is 24.4 Å². The van der Waals surface area contributed by atoms with Crippen molar-refractivity contribution in [2.45, 2.75) is 12.2 Å². The van der Waals surface area contributed by atoms with Gasteiger partial charge in [0, 0.05) is 6.07 Å². The molecule has 0 radical (unpaired) electrons. The minimum Gasteiger partial charge on any atom is -0.504 e. The SMILES string of the molecule is COc1c(O)cc2c(c1OC)C(=O)[C@@H](O)[C@@H](c1ccccc1)O2. The molecule has 2 aromatic carbocycles. The Balaban J connectivity index is 2.14. The van der Waals surface area contributed by atoms with E-state index in [1.165, 1.54) is 20.3 Å². The number of hydrogen-bond donors (Lipinski definition) is 2. The van der Waals surface area contributed by atoms with E-state index in [1.807, 2.05) is 6.07 Å². The number of methoxy groups -OCH3 is 2. The normalized spacial score (nSPS) is 19.7. The number of hydrogen-bond acceptors (Lipinski definition) is 6. The number of fused-ring (bicyclic) bond motifs is 1. The molecule has 2 N–H and O–H groups in total. The van der Waals surface area contributed by atoms with Crippen LogP contribution in [-0.4, -0.2) is 36.3 Å². The fourth-order valence-electron chi connectivity index (χ4n) is 2.70. The molecule has 0 unspecified atom stereocenters. The van der Waals surface area contributed by atoms with E-state index in [9.17, 15) is 15.0 Å². The van der Waals surface area contributed by atoms with E-state index in [2.05, 4.69) is 0 Å². The number of aliphatic hydroxyl groups excluding tert-OH is 1. The first-order valence-corrected chi connectivity index (χ1v) is 7.00. The minimum absolute atomic E-state index is 0.0218. The Morgan fingerprint density at radius 3 is 2.35 bits per heavy atom. The second kappa shape index (κ2) is 5.81. The van der Waals surface area contributed by atoms with Crippen LogP contribution in [0.4, 0.5) is 0 Å². The number of Topliss-reactive ketones (excluding diaryl/α,β-unsaturated/α-hetero) is 1. The largest absolute Gasteiger partial charge is 0.504 e. The summed E-state index contributed by atoms with van der Waals surface area (Å²) in [5.41, 5.74) is 0.718. The van der Waals surface area contributed by atoms with Crippen LogP contribution in [0.2, 0.25) is 0 Å². The Kier molecular flexibility index (Phi) is 3.83. The molecule has 0 amide bonds. The van der Waals surface area contributed by atoms with Gasteiger partial charge in [0.15, 0.2) is 23.7 Å². The summed E-state index contributed by atoms with van der Waals surface area (Å²) in [6, 6.07) is 10.2. The van der Waals surface area contributed by atoms with E-state index >= 15 is 0 Å². The van der Waals surface area contributed by atoms with Crippen LogP contribution >= 0.6 is 0 Å². The molecule has 120 valence electrons. The zero-order valence-corrected chi connectivity index (χ0v) is 12.6. The summed E-state index contributed by atoms with van der Waals surface area (Å²) >= 11 is 0. The second-order valence-electron chi connectivity index (χ2n) is 5.09. The van der Waals surface area contributed by atoms with Gasteiger partial charge in [0.25, 0.3) is 0 Å². The zero-order valence-electron chi connectivity index (χ0n) is 12.6. The fraction of sp³-hybridized carbons (Fsp3) is 0.235. The Morgan fingerprint density at radius 1 is 1.09 bits per heavy atom. The van der Waals surface area contributed by atoms with E-state index in [4.69, 9.17) is 14.2 Å². The van der Waals surface area contributed by atoms with Crippen molar-refractivity contribution >= 4 is 5.78 Å². The molecule has 0 aromatic heterocycles. The molecule has 6 nitrogen and oxygen atoms in total. The molecular weight excluding hydrogens is 300 g/mol. The lowest BCUT2D eigenvalue weighted by Gasteiger charge is -2.31. The predicted molar refractivity (Wildman–Crippen MR) is 81.4 cm³/mol. The van der Waals surface area contributed by atoms with Crippen LogP contribution in [0.15, 0.2) is 36.4 Å². The Morgan fingerprint density at radius 2 is 1.74 bits per heavy atom. The molecule has 6 heteroatoms. The van der Waals surface area contributed by atoms with Crippen molar-refractivity contribution in [2.24, 2.45) is 0 Å². The lowest BCUT2D eigenvalue weighted by Crippen LogP contribution is -2.36. The van der Waals surface area contributed by atoms with Crippen LogP contribution in [-0.2, 0) is 0 Å². The van der Waals surface area contributed by atoms with E-state index in [0.29, 0.717) is 5.56 Å². The van der Waals surface area contributed by atoms with Crippen molar-refractivity contribution in [3.8, 4) is 23.0 Å². The van der Waals surface area contributed by atoms with Crippen molar-refractivity contribution < 1.29 is 29.2 Å². The second-order valence-corrected chi connectivity index (χ2v) is 5.09. The molecule has 0 saturated carbocycles. The maximum atomic E-state index is 12.6. The Hall–Kier alpha value is -2.73. The maximum absolute atomic E-state index is 12.6. The number of aromatic hydroxyl groups is 1. The molecule has 0 spiro atoms. The number of phenols is 1. The number of carbonyl (C=O) groups is 1. The van der Waals surface area contributed by atoms with Crippen molar-refractivity contribution in [1.82, 2.24) is 0 Å². The Bertz CT molecular complexity index is 740. The molecule has 1 aliphatic rings. The summed E-state index contributed by atoms with van der Waals surface area (Å²) in [5.74, 6) is -0.551. The van der Waals surface area contributed by atoms with Gasteiger partial charge in [-0.05, 0) is 5.56 Å². The number of ether oxygens (including phenoxy) is 3. The molecule has 2 atom stereocenters. The van der Waals surface area contributed by atoms with Gasteiger partial charge >= 0.3 is 0 Å². The number of phenolic OH excluding ortho intramolecular Hbond substituents is 1. The standard InChI is InChI=1S/C17H16O6/c1-21-16-10(18)8-11-12(17(16)22-2)13(19)14(20)15(23-11)9-6-4-3-5-7-9/h3-8,14-15,18,20H,1-2H3/t14-,15-/m1/s1. The first-order chi connectivity index (χ1) is 11.1. The van der Waals surface area contributed by atoms with Crippen LogP contribution in [0, 0.1) is 0 Å². The molecule has 1 aliphatic heterocycles. The number of rotatable bonds is 3. The smallest absolute Gasteiger partial charge is 0.204 e. The molecule has 0 fully saturated rings. The van der Waals surface area contributed by atoms with Gasteiger partial charge in [0.1, 0.15) is 11.3 Å². The van der Waals surface area contributed by atoms with Gasteiger partial charge in [-0.25, -0.2) is 0 Å². The number of carbonyl (C=O) groups excluding carboxylic acids is 1. The molecule has 2 aromatic rings. The highest BCUT2D eigenvalue weighted by molar-refractivity contribution is 6.06. The van der Waals surface area contributed by atoms with E-state index in [1.54, 1.807) is 24.3 Å². The zero-order chi connectivity index (χ0) is 16.6. The first-order valence-electron chi connectivity index (χ1n) is 7.00. The van der Waals surface area contributed by atoms with Crippen molar-refractivity contribution in [3.63, 3.8) is 0 Å². The first kappa shape index (κ1) is 15.2. The van der Waals surface area contributed by atoms with Crippen LogP contribution in [0.5, 0.6) is 23.0 Å². The highest BCUT2D eigenvalue weighted by atomic mass is 16.5. The van der Waals surface area contributed by atoms with E-state index in [-0.39, 0.29) is 28.6 Å². The van der Waals surface area contributed by atoms with Gasteiger partial charge in [-0.3, -0.25) is 4.79 Å². The average Bonchev–Trinajstić information content (AvgIpc) is 2.57. The summed E-state index contributed by atoms with van der Waals surface area (Å²) in [7, 11) is 2.70. The topological polar surface area (TPSA) is 85.2 Å². The third-order valence-corrected chi connectivity index (χ3v) is 3.77. The van der Waals surface area contributed by atoms with Crippen LogP contribution in [0.3, 0.4) is 0 Å².